The van der Waals surface area contributed by atoms with Crippen LogP contribution in [0.3, 0.4) is 0 Å². The third-order valence-electron chi connectivity index (χ3n) is 2.36. The fraction of sp³-hybridized carbons (Fsp3) is 0.333. The van der Waals surface area contributed by atoms with Gasteiger partial charge in [0.15, 0.2) is 5.78 Å². The Hall–Kier alpha value is -1.64. The smallest absolute Gasteiger partial charge is 0.338 e. The van der Waals surface area contributed by atoms with Gasteiger partial charge in [-0.3, -0.25) is 4.79 Å². The number of rotatable bonds is 2. The van der Waals surface area contributed by atoms with Gasteiger partial charge in [0.25, 0.3) is 0 Å². The van der Waals surface area contributed by atoms with E-state index in [-0.39, 0.29) is 11.8 Å². The van der Waals surface area contributed by atoms with Crippen molar-refractivity contribution in [2.45, 2.75) is 20.8 Å². The molecule has 0 fully saturated rings. The Kier molecular flexibility index (Phi) is 3.24. The summed E-state index contributed by atoms with van der Waals surface area (Å²) in [6.07, 6.45) is 0. The first-order chi connectivity index (χ1) is 6.97. The topological polar surface area (TPSA) is 43.4 Å². The summed E-state index contributed by atoms with van der Waals surface area (Å²) in [7, 11) is 1.34. The largest absolute Gasteiger partial charge is 0.465 e. The van der Waals surface area contributed by atoms with Crippen LogP contribution >= 0.6 is 0 Å². The molecule has 1 aromatic rings. The molecule has 0 saturated heterocycles. The molecular formula is C12H14O3. The van der Waals surface area contributed by atoms with Gasteiger partial charge in [-0.2, -0.15) is 0 Å². The van der Waals surface area contributed by atoms with Crippen LogP contribution in [0.25, 0.3) is 0 Å². The van der Waals surface area contributed by atoms with E-state index in [9.17, 15) is 9.59 Å². The molecule has 1 aromatic carbocycles. The quantitative estimate of drug-likeness (QED) is 0.550. The van der Waals surface area contributed by atoms with Crippen LogP contribution in [-0.2, 0) is 4.74 Å². The fourth-order valence-electron chi connectivity index (χ4n) is 1.53. The number of Topliss-reactive ketones (excluding diaryl/α,β-unsaturated/α-hetero) is 1. The van der Waals surface area contributed by atoms with Crippen molar-refractivity contribution in [3.63, 3.8) is 0 Å². The Morgan fingerprint density at radius 2 is 1.53 bits per heavy atom. The zero-order valence-electron chi connectivity index (χ0n) is 9.38. The number of methoxy groups -OCH3 is 1. The molecule has 0 aliphatic rings. The number of esters is 1. The second-order valence-corrected chi connectivity index (χ2v) is 3.53. The molecule has 80 valence electrons. The lowest BCUT2D eigenvalue weighted by molar-refractivity contribution is 0.0599. The van der Waals surface area contributed by atoms with Gasteiger partial charge in [-0.15, -0.1) is 0 Å². The summed E-state index contributed by atoms with van der Waals surface area (Å²) in [5.74, 6) is -0.363. The zero-order valence-corrected chi connectivity index (χ0v) is 9.38. The molecule has 0 amide bonds. The van der Waals surface area contributed by atoms with Crippen LogP contribution in [0.4, 0.5) is 0 Å². The van der Waals surface area contributed by atoms with Crippen LogP contribution in [0.5, 0.6) is 0 Å². The molecule has 0 aliphatic heterocycles. The van der Waals surface area contributed by atoms with E-state index in [1.807, 2.05) is 6.92 Å². The fourth-order valence-corrected chi connectivity index (χ4v) is 1.53. The van der Waals surface area contributed by atoms with Crippen molar-refractivity contribution >= 4 is 11.8 Å². The van der Waals surface area contributed by atoms with Gasteiger partial charge in [0.05, 0.1) is 12.7 Å². The highest BCUT2D eigenvalue weighted by molar-refractivity contribution is 5.98. The number of aryl methyl sites for hydroxylation is 2. The van der Waals surface area contributed by atoms with Crippen molar-refractivity contribution in [1.29, 1.82) is 0 Å². The van der Waals surface area contributed by atoms with Crippen LogP contribution < -0.4 is 0 Å². The molecule has 0 atom stereocenters. The molecule has 0 N–H and O–H groups in total. The number of benzene rings is 1. The van der Waals surface area contributed by atoms with Crippen molar-refractivity contribution in [3.05, 3.63) is 34.4 Å². The van der Waals surface area contributed by atoms with E-state index in [1.165, 1.54) is 14.0 Å². The third-order valence-corrected chi connectivity index (χ3v) is 2.36. The summed E-state index contributed by atoms with van der Waals surface area (Å²) in [5.41, 5.74) is 2.73. The van der Waals surface area contributed by atoms with Gasteiger partial charge in [-0.25, -0.2) is 4.79 Å². The monoisotopic (exact) mass is 206 g/mol. The molecule has 0 heterocycles. The Morgan fingerprint density at radius 1 is 1.07 bits per heavy atom. The minimum absolute atomic E-state index is 0.00650. The molecule has 1 rings (SSSR count). The van der Waals surface area contributed by atoms with Crippen LogP contribution in [-0.4, -0.2) is 18.9 Å². The van der Waals surface area contributed by atoms with Crippen LogP contribution in [0, 0.1) is 13.8 Å². The highest BCUT2D eigenvalue weighted by Crippen LogP contribution is 2.17. The SMILES string of the molecule is COC(=O)c1cc(C)c(C(C)=O)cc1C. The average Bonchev–Trinajstić information content (AvgIpc) is 2.19. The van der Waals surface area contributed by atoms with E-state index in [0.29, 0.717) is 11.1 Å². The molecular weight excluding hydrogens is 192 g/mol. The number of hydrogen-bond donors (Lipinski definition) is 0. The van der Waals surface area contributed by atoms with Crippen LogP contribution in [0.2, 0.25) is 0 Å². The van der Waals surface area contributed by atoms with Crippen LogP contribution in [0.15, 0.2) is 12.1 Å². The van der Waals surface area contributed by atoms with E-state index < -0.39 is 0 Å². The molecule has 3 nitrogen and oxygen atoms in total. The lowest BCUT2D eigenvalue weighted by Crippen LogP contribution is -2.07. The van der Waals surface area contributed by atoms with Crippen molar-refractivity contribution in [2.75, 3.05) is 7.11 Å². The summed E-state index contributed by atoms with van der Waals surface area (Å²) in [6, 6.07) is 3.42. The molecule has 0 aromatic heterocycles. The minimum atomic E-state index is -0.370. The van der Waals surface area contributed by atoms with Gasteiger partial charge < -0.3 is 4.74 Å². The first kappa shape index (κ1) is 11.4. The van der Waals surface area contributed by atoms with Crippen molar-refractivity contribution < 1.29 is 14.3 Å². The highest BCUT2D eigenvalue weighted by Gasteiger charge is 2.13. The van der Waals surface area contributed by atoms with Gasteiger partial charge in [-0.1, -0.05) is 0 Å². The number of hydrogen-bond acceptors (Lipinski definition) is 3. The molecule has 0 bridgehead atoms. The summed E-state index contributed by atoms with van der Waals surface area (Å²) in [4.78, 5) is 22.6. The third kappa shape index (κ3) is 2.24. The molecule has 0 unspecified atom stereocenters. The van der Waals surface area contributed by atoms with Crippen LogP contribution in [0.1, 0.15) is 38.8 Å². The Bertz CT molecular complexity index is 419. The zero-order chi connectivity index (χ0) is 11.6. The Morgan fingerprint density at radius 3 is 2.00 bits per heavy atom. The number of carbonyl (C=O) groups excluding carboxylic acids is 2. The Balaban J connectivity index is 3.31. The summed E-state index contributed by atoms with van der Waals surface area (Å²) in [5, 5.41) is 0. The van der Waals surface area contributed by atoms with Gasteiger partial charge in [0, 0.05) is 5.56 Å². The van der Waals surface area contributed by atoms with E-state index in [1.54, 1.807) is 19.1 Å². The van der Waals surface area contributed by atoms with E-state index in [4.69, 9.17) is 0 Å². The minimum Gasteiger partial charge on any atom is -0.465 e. The molecule has 0 aliphatic carbocycles. The lowest BCUT2D eigenvalue weighted by Gasteiger charge is -2.08. The number of ether oxygens (including phenoxy) is 1. The molecule has 15 heavy (non-hydrogen) atoms. The number of ketones is 1. The first-order valence-electron chi connectivity index (χ1n) is 4.68. The van der Waals surface area contributed by atoms with E-state index in [0.717, 1.165) is 11.1 Å². The summed E-state index contributed by atoms with van der Waals surface area (Å²) in [6.45, 7) is 5.11. The summed E-state index contributed by atoms with van der Waals surface area (Å²) < 4.78 is 4.65. The predicted molar refractivity (Wildman–Crippen MR) is 57.3 cm³/mol. The molecule has 0 radical (unpaired) electrons. The predicted octanol–water partition coefficient (Wildman–Crippen LogP) is 2.29. The average molecular weight is 206 g/mol. The normalized spacial score (nSPS) is 9.87. The van der Waals surface area contributed by atoms with Crippen molar-refractivity contribution in [2.24, 2.45) is 0 Å². The second kappa shape index (κ2) is 4.26. The Labute approximate surface area is 89.1 Å². The molecule has 3 heteroatoms. The maximum Gasteiger partial charge on any atom is 0.338 e. The highest BCUT2D eigenvalue weighted by atomic mass is 16.5. The van der Waals surface area contributed by atoms with Crippen molar-refractivity contribution in [1.82, 2.24) is 0 Å². The van der Waals surface area contributed by atoms with Gasteiger partial charge >= 0.3 is 5.97 Å². The van der Waals surface area contributed by atoms with E-state index >= 15 is 0 Å². The van der Waals surface area contributed by atoms with E-state index in [2.05, 4.69) is 4.74 Å². The second-order valence-electron chi connectivity index (χ2n) is 3.53. The summed E-state index contributed by atoms with van der Waals surface area (Å²) >= 11 is 0. The van der Waals surface area contributed by atoms with Gasteiger partial charge in [0.2, 0.25) is 0 Å². The molecule has 0 saturated carbocycles. The number of carbonyl (C=O) groups is 2. The van der Waals surface area contributed by atoms with Crippen molar-refractivity contribution in [3.8, 4) is 0 Å². The van der Waals surface area contributed by atoms with Gasteiger partial charge in [-0.05, 0) is 44.0 Å². The lowest BCUT2D eigenvalue weighted by atomic mass is 9.98. The first-order valence-corrected chi connectivity index (χ1v) is 4.68. The molecule has 0 spiro atoms. The standard InChI is InChI=1S/C12H14O3/c1-7-6-11(12(14)15-4)8(2)5-10(7)9(3)13/h5-6H,1-4H3. The van der Waals surface area contributed by atoms with Gasteiger partial charge in [0.1, 0.15) is 0 Å². The maximum absolute atomic E-state index is 11.4. The maximum atomic E-state index is 11.4.